The third-order valence-electron chi connectivity index (χ3n) is 4.55. The van der Waals surface area contributed by atoms with Crippen molar-refractivity contribution in [2.45, 2.75) is 13.8 Å². The summed E-state index contributed by atoms with van der Waals surface area (Å²) in [6, 6.07) is 23.3. The Labute approximate surface area is 157 Å². The summed E-state index contributed by atoms with van der Waals surface area (Å²) in [6.45, 7) is 4.03. The monoisotopic (exact) mass is 354 g/mol. The standard InChI is InChI=1S/C23H18N2S/c1-16(15-24)14-19-11-12-21(26-19)23-22(18-8-4-3-5-9-18)17(2)20-10-6-7-13-25(20)23/h3-14H,1-2H3/b16-14-. The molecular formula is C23H18N2S. The van der Waals surface area contributed by atoms with Crippen molar-refractivity contribution in [2.75, 3.05) is 0 Å². The topological polar surface area (TPSA) is 28.2 Å². The normalized spacial score (nSPS) is 11.7. The first kappa shape index (κ1) is 16.4. The first-order valence-electron chi connectivity index (χ1n) is 8.52. The van der Waals surface area contributed by atoms with Crippen LogP contribution in [0.25, 0.3) is 33.3 Å². The summed E-state index contributed by atoms with van der Waals surface area (Å²) >= 11 is 1.72. The molecule has 3 heterocycles. The third kappa shape index (κ3) is 2.75. The fourth-order valence-corrected chi connectivity index (χ4v) is 4.43. The first-order valence-corrected chi connectivity index (χ1v) is 9.34. The van der Waals surface area contributed by atoms with E-state index in [1.165, 1.54) is 32.8 Å². The minimum absolute atomic E-state index is 0.720. The van der Waals surface area contributed by atoms with E-state index in [1.807, 2.05) is 19.1 Å². The highest BCUT2D eigenvalue weighted by molar-refractivity contribution is 7.16. The zero-order chi connectivity index (χ0) is 18.1. The van der Waals surface area contributed by atoms with E-state index in [2.05, 4.69) is 78.2 Å². The Kier molecular flexibility index (Phi) is 4.20. The Morgan fingerprint density at radius 3 is 2.58 bits per heavy atom. The highest BCUT2D eigenvalue weighted by atomic mass is 32.1. The molecule has 0 saturated heterocycles. The molecule has 0 bridgehead atoms. The molecule has 2 nitrogen and oxygen atoms in total. The lowest BCUT2D eigenvalue weighted by atomic mass is 10.0. The predicted molar refractivity (Wildman–Crippen MR) is 110 cm³/mol. The van der Waals surface area contributed by atoms with Crippen LogP contribution in [0.15, 0.2) is 72.4 Å². The van der Waals surface area contributed by atoms with E-state index in [9.17, 15) is 0 Å². The molecule has 0 spiro atoms. The lowest BCUT2D eigenvalue weighted by Crippen LogP contribution is -1.86. The fourth-order valence-electron chi connectivity index (χ4n) is 3.37. The van der Waals surface area contributed by atoms with Crippen LogP contribution in [-0.2, 0) is 0 Å². The van der Waals surface area contributed by atoms with Crippen LogP contribution in [0, 0.1) is 18.3 Å². The summed E-state index contributed by atoms with van der Waals surface area (Å²) in [6.07, 6.45) is 4.07. The van der Waals surface area contributed by atoms with Crippen molar-refractivity contribution in [3.05, 3.63) is 82.9 Å². The maximum Gasteiger partial charge on any atom is 0.0944 e. The molecule has 0 N–H and O–H groups in total. The van der Waals surface area contributed by atoms with Gasteiger partial charge >= 0.3 is 0 Å². The van der Waals surface area contributed by atoms with Gasteiger partial charge in [-0.15, -0.1) is 11.3 Å². The number of nitriles is 1. The molecule has 0 aliphatic heterocycles. The molecule has 4 aromatic rings. The van der Waals surface area contributed by atoms with Crippen LogP contribution < -0.4 is 0 Å². The van der Waals surface area contributed by atoms with Gasteiger partial charge in [0.15, 0.2) is 0 Å². The van der Waals surface area contributed by atoms with Crippen molar-refractivity contribution >= 4 is 22.9 Å². The number of hydrogen-bond acceptors (Lipinski definition) is 2. The summed E-state index contributed by atoms with van der Waals surface area (Å²) < 4.78 is 2.27. The Balaban J connectivity index is 1.99. The van der Waals surface area contributed by atoms with E-state index in [1.54, 1.807) is 11.3 Å². The van der Waals surface area contributed by atoms with Gasteiger partial charge in [-0.05, 0) is 55.3 Å². The summed E-state index contributed by atoms with van der Waals surface area (Å²) in [5, 5.41) is 9.04. The molecule has 0 amide bonds. The smallest absolute Gasteiger partial charge is 0.0944 e. The molecule has 3 heteroatoms. The van der Waals surface area contributed by atoms with E-state index in [4.69, 9.17) is 5.26 Å². The van der Waals surface area contributed by atoms with Crippen molar-refractivity contribution in [1.82, 2.24) is 4.40 Å². The van der Waals surface area contributed by atoms with Gasteiger partial charge in [0.2, 0.25) is 0 Å². The van der Waals surface area contributed by atoms with Crippen molar-refractivity contribution in [2.24, 2.45) is 0 Å². The number of thiophene rings is 1. The molecule has 4 rings (SSSR count). The Hall–Kier alpha value is -3.09. The second-order valence-corrected chi connectivity index (χ2v) is 7.43. The largest absolute Gasteiger partial charge is 0.315 e. The molecule has 0 fully saturated rings. The second kappa shape index (κ2) is 6.67. The molecule has 0 saturated carbocycles. The van der Waals surface area contributed by atoms with Gasteiger partial charge in [0.1, 0.15) is 0 Å². The van der Waals surface area contributed by atoms with E-state index in [-0.39, 0.29) is 0 Å². The summed E-state index contributed by atoms with van der Waals surface area (Å²) in [7, 11) is 0. The Morgan fingerprint density at radius 2 is 1.81 bits per heavy atom. The molecule has 0 unspecified atom stereocenters. The number of hydrogen-bond donors (Lipinski definition) is 0. The molecule has 0 aliphatic rings. The van der Waals surface area contributed by atoms with Crippen molar-refractivity contribution in [3.8, 4) is 27.8 Å². The number of allylic oxidation sites excluding steroid dienone is 1. The number of rotatable bonds is 3. The van der Waals surface area contributed by atoms with Crippen LogP contribution in [-0.4, -0.2) is 4.40 Å². The van der Waals surface area contributed by atoms with Gasteiger partial charge < -0.3 is 4.40 Å². The maximum absolute atomic E-state index is 9.04. The zero-order valence-corrected chi connectivity index (χ0v) is 15.5. The van der Waals surface area contributed by atoms with Gasteiger partial charge in [0, 0.05) is 27.7 Å². The van der Waals surface area contributed by atoms with Crippen LogP contribution >= 0.6 is 11.3 Å². The number of nitrogens with zero attached hydrogens (tertiary/aromatic N) is 2. The number of aryl methyl sites for hydroxylation is 1. The van der Waals surface area contributed by atoms with Crippen LogP contribution in [0.1, 0.15) is 17.4 Å². The van der Waals surface area contributed by atoms with Crippen LogP contribution in [0.5, 0.6) is 0 Å². The number of pyridine rings is 1. The average molecular weight is 354 g/mol. The van der Waals surface area contributed by atoms with Crippen molar-refractivity contribution in [1.29, 1.82) is 5.26 Å². The van der Waals surface area contributed by atoms with Crippen LogP contribution in [0.4, 0.5) is 0 Å². The van der Waals surface area contributed by atoms with Gasteiger partial charge in [0.25, 0.3) is 0 Å². The zero-order valence-electron chi connectivity index (χ0n) is 14.7. The van der Waals surface area contributed by atoms with Gasteiger partial charge in [-0.2, -0.15) is 5.26 Å². The lowest BCUT2D eigenvalue weighted by Gasteiger charge is -2.06. The van der Waals surface area contributed by atoms with Gasteiger partial charge in [0.05, 0.1) is 16.6 Å². The molecule has 1 aromatic carbocycles. The third-order valence-corrected chi connectivity index (χ3v) is 5.59. The predicted octanol–water partition coefficient (Wildman–Crippen LogP) is 6.57. The number of benzene rings is 1. The van der Waals surface area contributed by atoms with E-state index in [0.717, 1.165) is 10.5 Å². The summed E-state index contributed by atoms with van der Waals surface area (Å²) in [4.78, 5) is 2.30. The highest BCUT2D eigenvalue weighted by Crippen LogP contribution is 2.41. The van der Waals surface area contributed by atoms with E-state index >= 15 is 0 Å². The molecule has 0 atom stereocenters. The second-order valence-electron chi connectivity index (χ2n) is 6.31. The van der Waals surface area contributed by atoms with Crippen LogP contribution in [0.2, 0.25) is 0 Å². The first-order chi connectivity index (χ1) is 12.7. The quantitative estimate of drug-likeness (QED) is 0.382. The Bertz CT molecular complexity index is 1150. The summed E-state index contributed by atoms with van der Waals surface area (Å²) in [5.41, 5.74) is 6.93. The minimum Gasteiger partial charge on any atom is -0.315 e. The lowest BCUT2D eigenvalue weighted by molar-refractivity contribution is 1.21. The summed E-state index contributed by atoms with van der Waals surface area (Å²) in [5.74, 6) is 0. The fraction of sp³-hybridized carbons (Fsp3) is 0.0870. The van der Waals surface area contributed by atoms with Crippen molar-refractivity contribution in [3.63, 3.8) is 0 Å². The molecule has 0 aliphatic carbocycles. The SMILES string of the molecule is C/C(C#N)=C/c1ccc(-c2c(-c3ccccc3)c(C)c3ccccn23)s1. The van der Waals surface area contributed by atoms with Crippen molar-refractivity contribution < 1.29 is 0 Å². The molecule has 0 radical (unpaired) electrons. The van der Waals surface area contributed by atoms with Gasteiger partial charge in [-0.3, -0.25) is 0 Å². The minimum atomic E-state index is 0.720. The Morgan fingerprint density at radius 1 is 1.04 bits per heavy atom. The van der Waals surface area contributed by atoms with Gasteiger partial charge in [-0.25, -0.2) is 0 Å². The number of aromatic nitrogens is 1. The average Bonchev–Trinajstić information content (AvgIpc) is 3.25. The molecule has 3 aromatic heterocycles. The van der Waals surface area contributed by atoms with E-state index < -0.39 is 0 Å². The maximum atomic E-state index is 9.04. The highest BCUT2D eigenvalue weighted by Gasteiger charge is 2.19. The molecular weight excluding hydrogens is 336 g/mol. The molecule has 126 valence electrons. The van der Waals surface area contributed by atoms with E-state index in [0.29, 0.717) is 0 Å². The van der Waals surface area contributed by atoms with Crippen LogP contribution in [0.3, 0.4) is 0 Å². The number of fused-ring (bicyclic) bond motifs is 1. The molecule has 26 heavy (non-hydrogen) atoms. The van der Waals surface area contributed by atoms with Gasteiger partial charge in [-0.1, -0.05) is 36.4 Å².